The molecule has 0 bridgehead atoms. The Morgan fingerprint density at radius 1 is 1.00 bits per heavy atom. The predicted octanol–water partition coefficient (Wildman–Crippen LogP) is 5.49. The number of hydrogen-bond acceptors (Lipinski definition) is 4. The maximum atomic E-state index is 3.49. The van der Waals surface area contributed by atoms with Gasteiger partial charge in [0, 0.05) is 19.0 Å². The van der Waals surface area contributed by atoms with E-state index in [4.69, 9.17) is 0 Å². The maximum absolute atomic E-state index is 3.49. The van der Waals surface area contributed by atoms with Crippen LogP contribution in [0, 0.1) is 0 Å². The summed E-state index contributed by atoms with van der Waals surface area (Å²) in [6.45, 7) is 0. The minimum absolute atomic E-state index is 0.288. The van der Waals surface area contributed by atoms with Crippen LogP contribution in [0.5, 0.6) is 0 Å². The molecule has 4 rings (SSSR count). The molecular weight excluding hydrogens is 302 g/mol. The van der Waals surface area contributed by atoms with Crippen LogP contribution in [0.2, 0.25) is 0 Å². The molecule has 0 amide bonds. The van der Waals surface area contributed by atoms with Gasteiger partial charge < -0.3 is 5.32 Å². The molecule has 0 aliphatic heterocycles. The standard InChI is InChI=1S/C16H13NS3/c1-17-16(15-8-14-13(20-15)6-7-18-14)11-9-19-12-5-3-2-4-10(11)12/h2-9,16-17H,1H3. The van der Waals surface area contributed by atoms with Gasteiger partial charge in [0.1, 0.15) is 0 Å². The van der Waals surface area contributed by atoms with Crippen molar-refractivity contribution in [1.29, 1.82) is 0 Å². The Hall–Kier alpha value is -1.20. The molecule has 0 radical (unpaired) electrons. The van der Waals surface area contributed by atoms with Gasteiger partial charge in [0.05, 0.1) is 6.04 Å². The fourth-order valence-corrected chi connectivity index (χ4v) is 5.84. The summed E-state index contributed by atoms with van der Waals surface area (Å²) in [5.41, 5.74) is 1.39. The molecule has 0 aliphatic rings. The normalized spacial score (nSPS) is 13.2. The third-order valence-electron chi connectivity index (χ3n) is 3.55. The Labute approximate surface area is 129 Å². The zero-order valence-corrected chi connectivity index (χ0v) is 13.4. The number of hydrogen-bond donors (Lipinski definition) is 1. The summed E-state index contributed by atoms with van der Waals surface area (Å²) in [5.74, 6) is 0. The fourth-order valence-electron chi connectivity index (χ4n) is 2.60. The van der Waals surface area contributed by atoms with Crippen molar-refractivity contribution in [3.63, 3.8) is 0 Å². The smallest absolute Gasteiger partial charge is 0.0683 e. The molecule has 3 heterocycles. The average molecular weight is 315 g/mol. The molecule has 20 heavy (non-hydrogen) atoms. The number of rotatable bonds is 3. The van der Waals surface area contributed by atoms with Crippen molar-refractivity contribution in [2.24, 2.45) is 0 Å². The first kappa shape index (κ1) is 12.5. The van der Waals surface area contributed by atoms with Gasteiger partial charge in [-0.25, -0.2) is 0 Å². The summed E-state index contributed by atoms with van der Waals surface area (Å²) >= 11 is 5.55. The van der Waals surface area contributed by atoms with Crippen molar-refractivity contribution < 1.29 is 0 Å². The monoisotopic (exact) mass is 315 g/mol. The van der Waals surface area contributed by atoms with Crippen molar-refractivity contribution in [2.45, 2.75) is 6.04 Å². The topological polar surface area (TPSA) is 12.0 Å². The Bertz CT molecular complexity index is 839. The van der Waals surface area contributed by atoms with Crippen LogP contribution in [0.1, 0.15) is 16.5 Å². The average Bonchev–Trinajstić information content (AvgIpc) is 3.14. The molecule has 0 aliphatic carbocycles. The van der Waals surface area contributed by atoms with Crippen molar-refractivity contribution in [3.05, 3.63) is 57.6 Å². The minimum atomic E-state index is 0.288. The van der Waals surface area contributed by atoms with Gasteiger partial charge in [0.25, 0.3) is 0 Å². The second kappa shape index (κ2) is 4.97. The molecule has 1 aromatic carbocycles. The van der Waals surface area contributed by atoms with E-state index in [9.17, 15) is 0 Å². The summed E-state index contributed by atoms with van der Waals surface area (Å²) < 4.78 is 4.15. The van der Waals surface area contributed by atoms with E-state index in [-0.39, 0.29) is 6.04 Å². The van der Waals surface area contributed by atoms with Gasteiger partial charge in [0.15, 0.2) is 0 Å². The molecule has 0 saturated heterocycles. The van der Waals surface area contributed by atoms with E-state index in [1.807, 2.05) is 41.1 Å². The Balaban J connectivity index is 1.87. The molecule has 1 nitrogen and oxygen atoms in total. The SMILES string of the molecule is CNC(c1cc2sccc2s1)c1csc2ccccc12. The zero-order valence-electron chi connectivity index (χ0n) is 10.9. The van der Waals surface area contributed by atoms with Gasteiger partial charge in [-0.05, 0) is 47.0 Å². The van der Waals surface area contributed by atoms with Crippen LogP contribution in [0.3, 0.4) is 0 Å². The lowest BCUT2D eigenvalue weighted by atomic mass is 10.0. The molecule has 0 saturated carbocycles. The molecule has 1 unspecified atom stereocenters. The number of nitrogens with one attached hydrogen (secondary N) is 1. The van der Waals surface area contributed by atoms with Crippen LogP contribution in [0.4, 0.5) is 0 Å². The molecule has 1 N–H and O–H groups in total. The van der Waals surface area contributed by atoms with E-state index < -0.39 is 0 Å². The molecular formula is C16H13NS3. The second-order valence-corrected chi connectivity index (χ2v) is 7.68. The zero-order chi connectivity index (χ0) is 13.5. The van der Waals surface area contributed by atoms with Gasteiger partial charge in [-0.15, -0.1) is 34.0 Å². The summed E-state index contributed by atoms with van der Waals surface area (Å²) in [5, 5.41) is 9.31. The molecule has 3 aromatic heterocycles. The summed E-state index contributed by atoms with van der Waals surface area (Å²) in [4.78, 5) is 1.40. The van der Waals surface area contributed by atoms with Crippen molar-refractivity contribution in [1.82, 2.24) is 5.32 Å². The van der Waals surface area contributed by atoms with Gasteiger partial charge in [-0.1, -0.05) is 18.2 Å². The van der Waals surface area contributed by atoms with Crippen LogP contribution in [-0.2, 0) is 0 Å². The fraction of sp³-hybridized carbons (Fsp3) is 0.125. The van der Waals surface area contributed by atoms with Gasteiger partial charge in [-0.3, -0.25) is 0 Å². The summed E-state index contributed by atoms with van der Waals surface area (Å²) in [7, 11) is 2.05. The number of fused-ring (bicyclic) bond motifs is 2. The molecule has 0 spiro atoms. The second-order valence-electron chi connectivity index (χ2n) is 4.71. The van der Waals surface area contributed by atoms with E-state index >= 15 is 0 Å². The number of benzene rings is 1. The van der Waals surface area contributed by atoms with E-state index in [2.05, 4.69) is 52.5 Å². The molecule has 100 valence electrons. The van der Waals surface area contributed by atoms with E-state index in [0.29, 0.717) is 0 Å². The number of thiophene rings is 3. The minimum Gasteiger partial charge on any atom is -0.309 e. The lowest BCUT2D eigenvalue weighted by Crippen LogP contribution is -2.15. The van der Waals surface area contributed by atoms with Crippen LogP contribution >= 0.6 is 34.0 Å². The van der Waals surface area contributed by atoms with Crippen LogP contribution in [0.25, 0.3) is 19.5 Å². The highest BCUT2D eigenvalue weighted by atomic mass is 32.1. The quantitative estimate of drug-likeness (QED) is 0.527. The molecule has 4 heteroatoms. The highest BCUT2D eigenvalue weighted by Gasteiger charge is 2.18. The first-order valence-electron chi connectivity index (χ1n) is 6.47. The third-order valence-corrected chi connectivity index (χ3v) is 6.69. The maximum Gasteiger partial charge on any atom is 0.0683 e. The van der Waals surface area contributed by atoms with Crippen molar-refractivity contribution in [2.75, 3.05) is 7.05 Å². The van der Waals surface area contributed by atoms with E-state index in [1.165, 1.54) is 29.9 Å². The third kappa shape index (κ3) is 1.91. The largest absolute Gasteiger partial charge is 0.309 e. The summed E-state index contributed by atoms with van der Waals surface area (Å²) in [6.07, 6.45) is 0. The van der Waals surface area contributed by atoms with Crippen LogP contribution < -0.4 is 5.32 Å². The van der Waals surface area contributed by atoms with Gasteiger partial charge in [-0.2, -0.15) is 0 Å². The Morgan fingerprint density at radius 2 is 1.90 bits per heavy atom. The lowest BCUT2D eigenvalue weighted by molar-refractivity contribution is 0.711. The Morgan fingerprint density at radius 3 is 2.75 bits per heavy atom. The van der Waals surface area contributed by atoms with Crippen LogP contribution in [-0.4, -0.2) is 7.05 Å². The lowest BCUT2D eigenvalue weighted by Gasteiger charge is -2.14. The highest BCUT2D eigenvalue weighted by molar-refractivity contribution is 7.27. The van der Waals surface area contributed by atoms with E-state index in [1.54, 1.807) is 0 Å². The van der Waals surface area contributed by atoms with Gasteiger partial charge in [0.2, 0.25) is 0 Å². The van der Waals surface area contributed by atoms with Gasteiger partial charge >= 0.3 is 0 Å². The first-order valence-corrected chi connectivity index (χ1v) is 9.05. The Kier molecular flexibility index (Phi) is 3.11. The predicted molar refractivity (Wildman–Crippen MR) is 92.4 cm³/mol. The first-order chi connectivity index (χ1) is 9.86. The molecule has 0 fully saturated rings. The highest BCUT2D eigenvalue weighted by Crippen LogP contribution is 2.39. The van der Waals surface area contributed by atoms with Crippen LogP contribution in [0.15, 0.2) is 47.2 Å². The van der Waals surface area contributed by atoms with Crippen molar-refractivity contribution in [3.8, 4) is 0 Å². The molecule has 1 atom stereocenters. The van der Waals surface area contributed by atoms with E-state index in [0.717, 1.165) is 0 Å². The summed E-state index contributed by atoms with van der Waals surface area (Å²) in [6, 6.07) is 13.5. The molecule has 4 aromatic rings. The van der Waals surface area contributed by atoms with Crippen molar-refractivity contribution >= 4 is 53.5 Å².